The van der Waals surface area contributed by atoms with Crippen LogP contribution in [0.5, 0.6) is 0 Å². The first-order valence-electron chi connectivity index (χ1n) is 6.20. The lowest BCUT2D eigenvalue weighted by Crippen LogP contribution is -2.42. The van der Waals surface area contributed by atoms with Gasteiger partial charge in [0.1, 0.15) is 0 Å². The molecule has 6 nitrogen and oxygen atoms in total. The second kappa shape index (κ2) is 6.07. The molecule has 1 aromatic heterocycles. The van der Waals surface area contributed by atoms with Crippen LogP contribution in [0.25, 0.3) is 0 Å². The monoisotopic (exact) mass is 344 g/mol. The zero-order valence-corrected chi connectivity index (χ0v) is 12.6. The van der Waals surface area contributed by atoms with Crippen LogP contribution in [0.4, 0.5) is 18.3 Å². The van der Waals surface area contributed by atoms with Gasteiger partial charge in [0.05, 0.1) is 0 Å². The van der Waals surface area contributed by atoms with Crippen LogP contribution in [-0.4, -0.2) is 33.0 Å². The van der Waals surface area contributed by atoms with E-state index in [9.17, 15) is 21.6 Å². The maximum absolute atomic E-state index is 12.5. The minimum Gasteiger partial charge on any atom is -0.348 e. The summed E-state index contributed by atoms with van der Waals surface area (Å²) in [5.41, 5.74) is -0.896. The first kappa shape index (κ1) is 16.5. The average molecular weight is 344 g/mol. The van der Waals surface area contributed by atoms with Gasteiger partial charge in [-0.05, 0) is 18.8 Å². The van der Waals surface area contributed by atoms with E-state index < -0.39 is 22.1 Å². The number of piperidine rings is 1. The molecular weight excluding hydrogens is 329 g/mol. The third kappa shape index (κ3) is 4.80. The lowest BCUT2D eigenvalue weighted by molar-refractivity contribution is -0.140. The summed E-state index contributed by atoms with van der Waals surface area (Å²) in [5.74, 6) is -0.00434. The van der Waals surface area contributed by atoms with Crippen LogP contribution >= 0.6 is 11.3 Å². The Balaban J connectivity index is 1.99. The van der Waals surface area contributed by atoms with Crippen LogP contribution in [0.2, 0.25) is 0 Å². The molecule has 1 saturated heterocycles. The van der Waals surface area contributed by atoms with E-state index in [0.29, 0.717) is 18.2 Å². The molecular formula is C10H15F3N4O2S2. The normalized spacial score (nSPS) is 20.8. The van der Waals surface area contributed by atoms with E-state index in [-0.39, 0.29) is 12.5 Å². The van der Waals surface area contributed by atoms with Crippen LogP contribution in [0.15, 0.2) is 5.38 Å². The van der Waals surface area contributed by atoms with E-state index in [0.717, 1.165) is 29.6 Å². The molecule has 0 spiro atoms. The van der Waals surface area contributed by atoms with Crippen molar-refractivity contribution in [2.24, 2.45) is 11.1 Å². The van der Waals surface area contributed by atoms with Gasteiger partial charge >= 0.3 is 6.18 Å². The first-order valence-corrected chi connectivity index (χ1v) is 8.63. The van der Waals surface area contributed by atoms with Gasteiger partial charge in [-0.25, -0.2) is 14.8 Å². The van der Waals surface area contributed by atoms with Gasteiger partial charge in [0.2, 0.25) is 0 Å². The molecule has 1 aliphatic rings. The van der Waals surface area contributed by atoms with Crippen LogP contribution in [-0.2, 0) is 16.4 Å². The largest absolute Gasteiger partial charge is 0.434 e. The van der Waals surface area contributed by atoms with E-state index in [2.05, 4.69) is 9.71 Å². The number of thiazole rings is 1. The lowest BCUT2D eigenvalue weighted by atomic mass is 9.99. The number of anilines is 1. The number of alkyl halides is 3. The molecule has 0 bridgehead atoms. The highest BCUT2D eigenvalue weighted by atomic mass is 32.2. The van der Waals surface area contributed by atoms with Crippen molar-refractivity contribution in [1.82, 2.24) is 9.71 Å². The van der Waals surface area contributed by atoms with Crippen molar-refractivity contribution in [3.63, 3.8) is 0 Å². The molecule has 120 valence electrons. The Kier molecular flexibility index (Phi) is 4.76. The summed E-state index contributed by atoms with van der Waals surface area (Å²) in [4.78, 5) is 5.35. The lowest BCUT2D eigenvalue weighted by Gasteiger charge is -2.32. The zero-order valence-electron chi connectivity index (χ0n) is 10.9. The molecule has 3 N–H and O–H groups in total. The second-order valence-electron chi connectivity index (χ2n) is 4.86. The van der Waals surface area contributed by atoms with Crippen LogP contribution in [0.3, 0.4) is 0 Å². The molecule has 21 heavy (non-hydrogen) atoms. The third-order valence-electron chi connectivity index (χ3n) is 3.15. The highest BCUT2D eigenvalue weighted by Crippen LogP contribution is 2.34. The SMILES string of the molecule is NS(=O)(=O)NC[C@@H]1CCCN(c2nc(C(F)(F)F)cs2)C1. The minimum absolute atomic E-state index is 0.00434. The summed E-state index contributed by atoms with van der Waals surface area (Å²) >= 11 is 0.940. The Morgan fingerprint density at radius 1 is 1.52 bits per heavy atom. The number of aromatic nitrogens is 1. The van der Waals surface area contributed by atoms with Gasteiger partial charge in [-0.15, -0.1) is 11.3 Å². The Hall–Kier alpha value is -0.910. The third-order valence-corrected chi connectivity index (χ3v) is 4.62. The van der Waals surface area contributed by atoms with Crippen LogP contribution in [0, 0.1) is 5.92 Å². The van der Waals surface area contributed by atoms with Gasteiger partial charge in [-0.1, -0.05) is 0 Å². The van der Waals surface area contributed by atoms with Gasteiger partial charge in [0.15, 0.2) is 10.8 Å². The Labute approximate surface area is 124 Å². The average Bonchev–Trinajstić information content (AvgIpc) is 2.85. The number of nitrogens with zero attached hydrogens (tertiary/aromatic N) is 2. The molecule has 2 rings (SSSR count). The fraction of sp³-hybridized carbons (Fsp3) is 0.700. The van der Waals surface area contributed by atoms with E-state index >= 15 is 0 Å². The number of nitrogens with two attached hydrogens (primary N) is 1. The summed E-state index contributed by atoms with van der Waals surface area (Å²) in [6, 6.07) is 0. The number of hydrogen-bond donors (Lipinski definition) is 2. The molecule has 0 aliphatic carbocycles. The molecule has 1 atom stereocenters. The van der Waals surface area contributed by atoms with Crippen molar-refractivity contribution < 1.29 is 21.6 Å². The van der Waals surface area contributed by atoms with E-state index in [4.69, 9.17) is 5.14 Å². The summed E-state index contributed by atoms with van der Waals surface area (Å²) in [5, 5.41) is 6.16. The van der Waals surface area contributed by atoms with E-state index in [1.807, 2.05) is 0 Å². The molecule has 0 aromatic carbocycles. The molecule has 0 amide bonds. The van der Waals surface area contributed by atoms with Gasteiger partial charge in [-0.3, -0.25) is 0 Å². The molecule has 11 heteroatoms. The molecule has 0 unspecified atom stereocenters. The van der Waals surface area contributed by atoms with E-state index in [1.165, 1.54) is 0 Å². The summed E-state index contributed by atoms with van der Waals surface area (Å²) < 4.78 is 61.5. The van der Waals surface area contributed by atoms with Gasteiger partial charge in [0.25, 0.3) is 10.2 Å². The molecule has 2 heterocycles. The summed E-state index contributed by atoms with van der Waals surface area (Å²) in [6.45, 7) is 1.23. The molecule has 1 fully saturated rings. The Morgan fingerprint density at radius 3 is 2.81 bits per heavy atom. The number of nitrogens with one attached hydrogen (secondary N) is 1. The highest BCUT2D eigenvalue weighted by molar-refractivity contribution is 7.87. The second-order valence-corrected chi connectivity index (χ2v) is 7.08. The van der Waals surface area contributed by atoms with Crippen molar-refractivity contribution in [3.05, 3.63) is 11.1 Å². The van der Waals surface area contributed by atoms with E-state index in [1.54, 1.807) is 4.90 Å². The minimum atomic E-state index is -4.45. The standard InChI is InChI=1S/C10H15F3N4O2S2/c11-10(12,13)8-6-20-9(16-8)17-3-1-2-7(5-17)4-15-21(14,18)19/h6-7,15H,1-5H2,(H2,14,18,19)/t7-/m0/s1. The van der Waals surface area contributed by atoms with Gasteiger partial charge in [-0.2, -0.15) is 21.6 Å². The predicted molar refractivity (Wildman–Crippen MR) is 73.2 cm³/mol. The topological polar surface area (TPSA) is 88.3 Å². The van der Waals surface area contributed by atoms with Gasteiger partial charge < -0.3 is 4.90 Å². The van der Waals surface area contributed by atoms with Crippen molar-refractivity contribution in [2.45, 2.75) is 19.0 Å². The van der Waals surface area contributed by atoms with Crippen LogP contribution < -0.4 is 14.8 Å². The predicted octanol–water partition coefficient (Wildman–Crippen LogP) is 1.17. The van der Waals surface area contributed by atoms with Crippen molar-refractivity contribution in [3.8, 4) is 0 Å². The van der Waals surface area contributed by atoms with Crippen molar-refractivity contribution in [1.29, 1.82) is 0 Å². The molecule has 0 radical (unpaired) electrons. The smallest absolute Gasteiger partial charge is 0.348 e. The number of rotatable bonds is 4. The first-order chi connectivity index (χ1) is 9.65. The maximum Gasteiger partial charge on any atom is 0.434 e. The number of hydrogen-bond acceptors (Lipinski definition) is 5. The fourth-order valence-corrected chi connectivity index (χ4v) is 3.52. The molecule has 1 aliphatic heterocycles. The fourth-order valence-electron chi connectivity index (χ4n) is 2.18. The van der Waals surface area contributed by atoms with Gasteiger partial charge in [0, 0.05) is 25.0 Å². The number of halogens is 3. The molecule has 1 aromatic rings. The summed E-state index contributed by atoms with van der Waals surface area (Å²) in [6.07, 6.45) is -2.90. The maximum atomic E-state index is 12.5. The molecule has 0 saturated carbocycles. The summed E-state index contributed by atoms with van der Waals surface area (Å²) in [7, 11) is -3.75. The Morgan fingerprint density at radius 2 is 2.24 bits per heavy atom. The highest BCUT2D eigenvalue weighted by Gasteiger charge is 2.34. The van der Waals surface area contributed by atoms with Crippen molar-refractivity contribution in [2.75, 3.05) is 24.5 Å². The Bertz CT molecular complexity index is 587. The van der Waals surface area contributed by atoms with Crippen LogP contribution in [0.1, 0.15) is 18.5 Å². The zero-order chi connectivity index (χ0) is 15.7. The van der Waals surface area contributed by atoms with Crippen molar-refractivity contribution >= 4 is 26.7 Å². The quantitative estimate of drug-likeness (QED) is 0.858.